The van der Waals surface area contributed by atoms with Crippen molar-refractivity contribution in [3.05, 3.63) is 17.7 Å². The number of aromatic nitrogens is 2. The molecule has 0 aliphatic carbocycles. The van der Waals surface area contributed by atoms with Crippen molar-refractivity contribution >= 4 is 5.97 Å². The predicted octanol–water partition coefficient (Wildman–Crippen LogP) is 1.51. The molecule has 5 nitrogen and oxygen atoms in total. The highest BCUT2D eigenvalue weighted by Gasteiger charge is 2.33. The second-order valence-electron chi connectivity index (χ2n) is 4.80. The van der Waals surface area contributed by atoms with E-state index in [9.17, 15) is 4.79 Å². The number of carbonyl (C=O) groups is 1. The lowest BCUT2D eigenvalue weighted by atomic mass is 9.97. The van der Waals surface area contributed by atoms with E-state index in [1.807, 2.05) is 6.33 Å². The van der Waals surface area contributed by atoms with Gasteiger partial charge in [-0.15, -0.1) is 0 Å². The Morgan fingerprint density at radius 2 is 2.41 bits per heavy atom. The van der Waals surface area contributed by atoms with Crippen molar-refractivity contribution in [3.63, 3.8) is 0 Å². The van der Waals surface area contributed by atoms with Crippen molar-refractivity contribution < 1.29 is 9.90 Å². The molecule has 0 saturated carbocycles. The summed E-state index contributed by atoms with van der Waals surface area (Å²) in [4.78, 5) is 15.4. The Balaban J connectivity index is 2.39. The molecule has 2 N–H and O–H groups in total. The van der Waals surface area contributed by atoms with E-state index in [0.29, 0.717) is 12.5 Å². The van der Waals surface area contributed by atoms with E-state index in [2.05, 4.69) is 35.6 Å². The average Bonchev–Trinajstić information content (AvgIpc) is 2.71. The van der Waals surface area contributed by atoms with Crippen LogP contribution < -0.4 is 5.32 Å². The lowest BCUT2D eigenvalue weighted by Crippen LogP contribution is -2.45. The number of fused-ring (bicyclic) bond motifs is 1. The fourth-order valence-electron chi connectivity index (χ4n) is 2.40. The summed E-state index contributed by atoms with van der Waals surface area (Å²) in [5, 5.41) is 12.3. The first-order valence-electron chi connectivity index (χ1n) is 6.09. The van der Waals surface area contributed by atoms with Crippen LogP contribution in [-0.4, -0.2) is 26.7 Å². The summed E-state index contributed by atoms with van der Waals surface area (Å²) in [5.74, 6) is -0.798. The standard InChI is InChI=1S/C12H19N3O2/c1-4-8-11-9(5-10(14-8)12(16)17)13-6-15(11)7(2)3/h6-8,10,14H,4-5H2,1-3H3,(H,16,17)/t8?,10-/m1/s1. The maximum Gasteiger partial charge on any atom is 0.321 e. The van der Waals surface area contributed by atoms with Crippen molar-refractivity contribution in [1.82, 2.24) is 14.9 Å². The number of nitrogens with one attached hydrogen (secondary N) is 1. The fourth-order valence-corrected chi connectivity index (χ4v) is 2.40. The van der Waals surface area contributed by atoms with Gasteiger partial charge in [0.1, 0.15) is 6.04 Å². The molecule has 1 aliphatic rings. The van der Waals surface area contributed by atoms with Gasteiger partial charge in [0.25, 0.3) is 0 Å². The molecule has 2 rings (SSSR count). The summed E-state index contributed by atoms with van der Waals surface area (Å²) in [7, 11) is 0. The molecule has 0 spiro atoms. The third-order valence-corrected chi connectivity index (χ3v) is 3.30. The lowest BCUT2D eigenvalue weighted by Gasteiger charge is -2.30. The SMILES string of the molecule is CCC1N[C@@H](C(=O)O)Cc2ncn(C(C)C)c21. The zero-order chi connectivity index (χ0) is 12.6. The second-order valence-corrected chi connectivity index (χ2v) is 4.80. The minimum atomic E-state index is -0.798. The molecule has 2 atom stereocenters. The van der Waals surface area contributed by atoms with Crippen molar-refractivity contribution in [3.8, 4) is 0 Å². The van der Waals surface area contributed by atoms with Crippen LogP contribution >= 0.6 is 0 Å². The van der Waals surface area contributed by atoms with Crippen LogP contribution in [0.3, 0.4) is 0 Å². The van der Waals surface area contributed by atoms with Crippen LogP contribution in [0.2, 0.25) is 0 Å². The molecular formula is C12H19N3O2. The van der Waals surface area contributed by atoms with E-state index in [-0.39, 0.29) is 6.04 Å². The van der Waals surface area contributed by atoms with Crippen LogP contribution in [0.15, 0.2) is 6.33 Å². The van der Waals surface area contributed by atoms with Gasteiger partial charge in [0, 0.05) is 18.5 Å². The fraction of sp³-hybridized carbons (Fsp3) is 0.667. The van der Waals surface area contributed by atoms with Crippen molar-refractivity contribution in [2.24, 2.45) is 0 Å². The van der Waals surface area contributed by atoms with Crippen LogP contribution in [0.25, 0.3) is 0 Å². The number of hydrogen-bond acceptors (Lipinski definition) is 3. The van der Waals surface area contributed by atoms with Gasteiger partial charge in [0.2, 0.25) is 0 Å². The maximum atomic E-state index is 11.1. The van der Waals surface area contributed by atoms with Crippen LogP contribution in [0.4, 0.5) is 0 Å². The zero-order valence-corrected chi connectivity index (χ0v) is 10.5. The largest absolute Gasteiger partial charge is 0.480 e. The molecule has 0 aromatic carbocycles. The van der Waals surface area contributed by atoms with Gasteiger partial charge in [-0.25, -0.2) is 4.98 Å². The first-order valence-corrected chi connectivity index (χ1v) is 6.09. The lowest BCUT2D eigenvalue weighted by molar-refractivity contribution is -0.139. The number of rotatable bonds is 3. The number of aliphatic carboxylic acids is 1. The summed E-state index contributed by atoms with van der Waals surface area (Å²) in [6, 6.07) is -0.0730. The Labute approximate surface area is 101 Å². The molecule has 5 heteroatoms. The van der Waals surface area contributed by atoms with Gasteiger partial charge >= 0.3 is 5.97 Å². The van der Waals surface area contributed by atoms with E-state index >= 15 is 0 Å². The molecule has 1 aliphatic heterocycles. The molecular weight excluding hydrogens is 218 g/mol. The molecule has 1 aromatic rings. The van der Waals surface area contributed by atoms with Crippen LogP contribution in [0, 0.1) is 0 Å². The number of hydrogen-bond donors (Lipinski definition) is 2. The summed E-state index contributed by atoms with van der Waals surface area (Å²) in [6.45, 7) is 6.28. The quantitative estimate of drug-likeness (QED) is 0.836. The Hall–Kier alpha value is -1.36. The third kappa shape index (κ3) is 2.07. The number of carboxylic acid groups (broad SMARTS) is 1. The molecule has 0 saturated heterocycles. The number of carboxylic acids is 1. The monoisotopic (exact) mass is 237 g/mol. The van der Waals surface area contributed by atoms with Gasteiger partial charge in [0.15, 0.2) is 0 Å². The van der Waals surface area contributed by atoms with Gasteiger partial charge in [-0.1, -0.05) is 6.92 Å². The summed E-state index contributed by atoms with van der Waals surface area (Å²) in [5.41, 5.74) is 2.08. The zero-order valence-electron chi connectivity index (χ0n) is 10.5. The van der Waals surface area contributed by atoms with Crippen molar-refractivity contribution in [1.29, 1.82) is 0 Å². The normalized spacial score (nSPS) is 23.8. The highest BCUT2D eigenvalue weighted by atomic mass is 16.4. The Kier molecular flexibility index (Phi) is 3.19. The molecule has 1 unspecified atom stereocenters. The summed E-state index contributed by atoms with van der Waals surface area (Å²) in [6.07, 6.45) is 3.17. The second kappa shape index (κ2) is 4.49. The molecule has 94 valence electrons. The van der Waals surface area contributed by atoms with Crippen LogP contribution in [-0.2, 0) is 11.2 Å². The Morgan fingerprint density at radius 3 is 2.94 bits per heavy atom. The van der Waals surface area contributed by atoms with E-state index in [1.54, 1.807) is 0 Å². The molecule has 1 aromatic heterocycles. The molecule has 0 fully saturated rings. The van der Waals surface area contributed by atoms with Gasteiger partial charge in [0.05, 0.1) is 17.7 Å². The molecule has 17 heavy (non-hydrogen) atoms. The summed E-state index contributed by atoms with van der Waals surface area (Å²) < 4.78 is 2.13. The van der Waals surface area contributed by atoms with Crippen molar-refractivity contribution in [2.75, 3.05) is 0 Å². The van der Waals surface area contributed by atoms with E-state index in [1.165, 1.54) is 0 Å². The molecule has 0 radical (unpaired) electrons. The minimum Gasteiger partial charge on any atom is -0.480 e. The van der Waals surface area contributed by atoms with Gasteiger partial charge in [-0.05, 0) is 20.3 Å². The minimum absolute atomic E-state index is 0.0877. The Morgan fingerprint density at radius 1 is 1.71 bits per heavy atom. The van der Waals surface area contributed by atoms with Gasteiger partial charge < -0.3 is 9.67 Å². The van der Waals surface area contributed by atoms with Crippen LogP contribution in [0.1, 0.15) is 50.7 Å². The number of nitrogens with zero attached hydrogens (tertiary/aromatic N) is 2. The van der Waals surface area contributed by atoms with Crippen molar-refractivity contribution in [2.45, 2.75) is 51.7 Å². The molecule has 2 heterocycles. The van der Waals surface area contributed by atoms with E-state index < -0.39 is 12.0 Å². The van der Waals surface area contributed by atoms with Gasteiger partial charge in [-0.2, -0.15) is 0 Å². The highest BCUT2D eigenvalue weighted by Crippen LogP contribution is 2.29. The predicted molar refractivity (Wildman–Crippen MR) is 63.9 cm³/mol. The van der Waals surface area contributed by atoms with E-state index in [0.717, 1.165) is 17.8 Å². The maximum absolute atomic E-state index is 11.1. The van der Waals surface area contributed by atoms with E-state index in [4.69, 9.17) is 5.11 Å². The number of imidazole rings is 1. The van der Waals surface area contributed by atoms with Crippen LogP contribution in [0.5, 0.6) is 0 Å². The first-order chi connectivity index (χ1) is 8.04. The van der Waals surface area contributed by atoms with Gasteiger partial charge in [-0.3, -0.25) is 10.1 Å². The first kappa shape index (κ1) is 12.1. The molecule has 0 bridgehead atoms. The highest BCUT2D eigenvalue weighted by molar-refractivity contribution is 5.74. The molecule has 0 amide bonds. The smallest absolute Gasteiger partial charge is 0.321 e. The summed E-state index contributed by atoms with van der Waals surface area (Å²) >= 11 is 0. The average molecular weight is 237 g/mol. The topological polar surface area (TPSA) is 67.2 Å². The third-order valence-electron chi connectivity index (χ3n) is 3.30. The Bertz CT molecular complexity index is 425.